The minimum absolute atomic E-state index is 0.00518. The highest BCUT2D eigenvalue weighted by Gasteiger charge is 2.44. The molecular weight excluding hydrogens is 543 g/mol. The molecule has 1 unspecified atom stereocenters. The molecule has 0 spiro atoms. The van der Waals surface area contributed by atoms with Gasteiger partial charge in [-0.05, 0) is 56.2 Å². The zero-order valence-electron chi connectivity index (χ0n) is 24.1. The van der Waals surface area contributed by atoms with E-state index in [4.69, 9.17) is 15.0 Å². The van der Waals surface area contributed by atoms with Crippen molar-refractivity contribution >= 4 is 28.8 Å². The molecule has 2 aliphatic carbocycles. The van der Waals surface area contributed by atoms with Gasteiger partial charge in [-0.15, -0.1) is 0 Å². The Hall–Kier alpha value is -4.18. The van der Waals surface area contributed by atoms with Crippen molar-refractivity contribution < 1.29 is 9.18 Å². The number of allylic oxidation sites excluding steroid dienone is 2. The Kier molecular flexibility index (Phi) is 6.66. The largest absolute Gasteiger partial charge is 0.371 e. The number of carbonyl (C=O) groups is 1. The van der Waals surface area contributed by atoms with Crippen LogP contribution in [-0.4, -0.2) is 46.3 Å². The van der Waals surface area contributed by atoms with Crippen LogP contribution < -0.4 is 20.9 Å². The van der Waals surface area contributed by atoms with E-state index < -0.39 is 0 Å². The molecule has 5 aliphatic rings. The monoisotopic (exact) mass is 578 g/mol. The van der Waals surface area contributed by atoms with Crippen molar-refractivity contribution in [2.45, 2.75) is 63.8 Å². The van der Waals surface area contributed by atoms with Gasteiger partial charge in [-0.25, -0.2) is 9.37 Å². The van der Waals surface area contributed by atoms with Gasteiger partial charge < -0.3 is 15.5 Å². The van der Waals surface area contributed by atoms with Crippen LogP contribution in [-0.2, 0) is 11.3 Å². The number of amides is 1. The predicted octanol–water partition coefficient (Wildman–Crippen LogP) is 5.51. The molecule has 3 fully saturated rings. The third-order valence-corrected chi connectivity index (χ3v) is 9.51. The summed E-state index contributed by atoms with van der Waals surface area (Å²) < 4.78 is 16.7. The van der Waals surface area contributed by atoms with Crippen molar-refractivity contribution in [3.8, 4) is 11.1 Å². The maximum Gasteiger partial charge on any atom is 0.227 e. The number of rotatable bonds is 5. The van der Waals surface area contributed by atoms with E-state index in [0.717, 1.165) is 56.7 Å². The van der Waals surface area contributed by atoms with E-state index in [1.807, 2.05) is 6.20 Å². The molecule has 3 aliphatic heterocycles. The van der Waals surface area contributed by atoms with Gasteiger partial charge in [0, 0.05) is 72.4 Å². The summed E-state index contributed by atoms with van der Waals surface area (Å²) in [6, 6.07) is 3.92. The molecule has 3 aromatic heterocycles. The fraction of sp³-hybridized carbons (Fsp3) is 0.424. The van der Waals surface area contributed by atoms with Crippen LogP contribution in [0.2, 0.25) is 0 Å². The molecule has 6 heterocycles. The first kappa shape index (κ1) is 26.4. The Labute approximate surface area is 250 Å². The third-order valence-electron chi connectivity index (χ3n) is 9.51. The molecule has 0 aromatic carbocycles. The highest BCUT2D eigenvalue weighted by atomic mass is 19.1. The minimum atomic E-state index is -0.388. The number of piperidine rings is 1. The van der Waals surface area contributed by atoms with Crippen LogP contribution in [0.3, 0.4) is 0 Å². The van der Waals surface area contributed by atoms with Crippen LogP contribution >= 0.6 is 0 Å². The first-order valence-electron chi connectivity index (χ1n) is 15.6. The number of halogens is 1. The predicted molar refractivity (Wildman–Crippen MR) is 165 cm³/mol. The number of aromatic nitrogens is 3. The summed E-state index contributed by atoms with van der Waals surface area (Å²) in [5.41, 5.74) is 7.66. The number of pyridine rings is 3. The number of nitrogens with one attached hydrogen (secondary N) is 3. The highest BCUT2D eigenvalue weighted by molar-refractivity contribution is 6.17. The summed E-state index contributed by atoms with van der Waals surface area (Å²) in [4.78, 5) is 33.8. The van der Waals surface area contributed by atoms with Crippen molar-refractivity contribution in [2.24, 2.45) is 10.9 Å². The smallest absolute Gasteiger partial charge is 0.227 e. The second kappa shape index (κ2) is 10.8. The van der Waals surface area contributed by atoms with Crippen molar-refractivity contribution in [3.63, 3.8) is 0 Å². The lowest BCUT2D eigenvalue weighted by molar-refractivity contribution is -0.119. The maximum absolute atomic E-state index is 16.7. The normalized spacial score (nSPS) is 21.3. The van der Waals surface area contributed by atoms with Crippen LogP contribution in [0, 0.1) is 11.7 Å². The number of fused-ring (bicyclic) bond motifs is 4. The van der Waals surface area contributed by atoms with Gasteiger partial charge in [-0.2, -0.15) is 0 Å². The molecule has 0 bridgehead atoms. The van der Waals surface area contributed by atoms with Gasteiger partial charge in [-0.1, -0.05) is 12.8 Å². The van der Waals surface area contributed by atoms with E-state index >= 15 is 4.39 Å². The molecule has 3 aromatic rings. The van der Waals surface area contributed by atoms with Crippen LogP contribution in [0.25, 0.3) is 11.1 Å². The zero-order chi connectivity index (χ0) is 28.9. The van der Waals surface area contributed by atoms with Gasteiger partial charge in [0.15, 0.2) is 0 Å². The van der Waals surface area contributed by atoms with Gasteiger partial charge in [-0.3, -0.25) is 25.1 Å². The van der Waals surface area contributed by atoms with E-state index in [0.29, 0.717) is 47.0 Å². The van der Waals surface area contributed by atoms with Crippen LogP contribution in [0.4, 0.5) is 21.6 Å². The summed E-state index contributed by atoms with van der Waals surface area (Å²) in [6.07, 6.45) is 15.2. The zero-order valence-corrected chi connectivity index (χ0v) is 24.1. The number of anilines is 3. The number of nitrogens with zero attached hydrogens (tertiary/aromatic N) is 5. The highest BCUT2D eigenvalue weighted by Crippen LogP contribution is 2.57. The molecule has 43 heavy (non-hydrogen) atoms. The van der Waals surface area contributed by atoms with Crippen LogP contribution in [0.1, 0.15) is 74.1 Å². The fourth-order valence-electron chi connectivity index (χ4n) is 7.22. The van der Waals surface area contributed by atoms with E-state index in [1.54, 1.807) is 24.7 Å². The second-order valence-corrected chi connectivity index (χ2v) is 12.3. The Bertz CT molecular complexity index is 1670. The maximum atomic E-state index is 16.7. The number of aliphatic imine (C=N–C) groups is 1. The lowest BCUT2D eigenvalue weighted by atomic mass is 9.96. The quantitative estimate of drug-likeness (QED) is 0.366. The average molecular weight is 579 g/mol. The number of hydrogen-bond donors (Lipinski definition) is 3. The Morgan fingerprint density at radius 2 is 1.91 bits per heavy atom. The lowest BCUT2D eigenvalue weighted by Crippen LogP contribution is -2.31. The summed E-state index contributed by atoms with van der Waals surface area (Å²) in [5, 5.41) is 9.84. The summed E-state index contributed by atoms with van der Waals surface area (Å²) >= 11 is 0. The fourth-order valence-corrected chi connectivity index (χ4v) is 7.22. The Morgan fingerprint density at radius 3 is 2.77 bits per heavy atom. The van der Waals surface area contributed by atoms with Crippen molar-refractivity contribution in [2.75, 3.05) is 35.3 Å². The molecule has 1 saturated heterocycles. The molecule has 3 N–H and O–H groups in total. The second-order valence-electron chi connectivity index (χ2n) is 12.3. The molecule has 9 nitrogen and oxygen atoms in total. The molecule has 1 amide bonds. The van der Waals surface area contributed by atoms with Gasteiger partial charge >= 0.3 is 0 Å². The number of hydrogen-bond acceptors (Lipinski definition) is 8. The van der Waals surface area contributed by atoms with E-state index in [1.165, 1.54) is 36.1 Å². The van der Waals surface area contributed by atoms with Crippen molar-refractivity contribution in [3.05, 3.63) is 70.8 Å². The van der Waals surface area contributed by atoms with E-state index in [9.17, 15) is 4.79 Å². The molecule has 10 heteroatoms. The molecular formula is C33H35FN8O. The van der Waals surface area contributed by atoms with E-state index in [-0.39, 0.29) is 23.6 Å². The average Bonchev–Trinajstić information content (AvgIpc) is 3.71. The molecule has 1 atom stereocenters. The lowest BCUT2D eigenvalue weighted by Gasteiger charge is -2.32. The Balaban J connectivity index is 1.14. The van der Waals surface area contributed by atoms with Crippen LogP contribution in [0.5, 0.6) is 0 Å². The van der Waals surface area contributed by atoms with E-state index in [2.05, 4.69) is 31.9 Å². The topological polar surface area (TPSA) is 107 Å². The third kappa shape index (κ3) is 4.77. The Morgan fingerprint density at radius 1 is 1.05 bits per heavy atom. The van der Waals surface area contributed by atoms with Gasteiger partial charge in [0.25, 0.3) is 0 Å². The van der Waals surface area contributed by atoms with Crippen molar-refractivity contribution in [1.29, 1.82) is 0 Å². The molecule has 0 radical (unpaired) electrons. The summed E-state index contributed by atoms with van der Waals surface area (Å²) in [5.74, 6) is 0.750. The standard InChI is InChI=1S/C33H35FN8O/c34-29-24(20-12-21(15-35-14-20)40-33(43)19-6-2-3-7-19)16-38-25-17-36-18-39-31(28(25)29)30-23-13-22(23)27-26(8-9-37-32(27)41-30)42-10-4-1-5-11-42/h8-9,12,14-16,19,22,36H,1-7,10-11,13,17-18H2,(H,37,41)(H,40,43). The van der Waals surface area contributed by atoms with Crippen molar-refractivity contribution in [1.82, 2.24) is 20.3 Å². The van der Waals surface area contributed by atoms with Crippen LogP contribution in [0.15, 0.2) is 53.2 Å². The minimum Gasteiger partial charge on any atom is -0.371 e. The molecule has 2 saturated carbocycles. The first-order chi connectivity index (χ1) is 21.2. The SMILES string of the molecule is O=C(Nc1cncc(-c2cnc3c(c2F)C(C2=C4CC4c4c(N5CCCCC5)ccnc4N2)=NCNC3)c1)C1CCCC1. The van der Waals surface area contributed by atoms with Gasteiger partial charge in [0.1, 0.15) is 11.6 Å². The number of carbonyl (C=O) groups excluding carboxylic acids is 1. The summed E-state index contributed by atoms with van der Waals surface area (Å²) in [6.45, 7) is 2.92. The summed E-state index contributed by atoms with van der Waals surface area (Å²) in [7, 11) is 0. The van der Waals surface area contributed by atoms with Gasteiger partial charge in [0.2, 0.25) is 5.91 Å². The van der Waals surface area contributed by atoms with Gasteiger partial charge in [0.05, 0.1) is 41.2 Å². The molecule has 8 rings (SSSR count). The first-order valence-corrected chi connectivity index (χ1v) is 15.6. The molecule has 220 valence electrons.